The Morgan fingerprint density at radius 1 is 0.436 bits per heavy atom. The molecule has 0 aliphatic rings. The van der Waals surface area contributed by atoms with Crippen LogP contribution < -0.4 is 0 Å². The number of nitrogens with zero attached hydrogens (tertiary/aromatic N) is 4. The predicted molar refractivity (Wildman–Crippen MR) is 242 cm³/mol. The zero-order chi connectivity index (χ0) is 38.8. The Hall–Kier alpha value is -2.58. The van der Waals surface area contributed by atoms with Gasteiger partial charge in [0.05, 0.1) is 22.9 Å². The van der Waals surface area contributed by atoms with Crippen LogP contribution in [-0.2, 0) is 12.8 Å². The molecule has 4 nitrogen and oxygen atoms in total. The fraction of sp³-hybridized carbons (Fsp3) is 0.667. The third-order valence-electron chi connectivity index (χ3n) is 11.4. The van der Waals surface area contributed by atoms with Crippen molar-refractivity contribution in [3.05, 3.63) is 45.1 Å². The van der Waals surface area contributed by atoms with Crippen molar-refractivity contribution in [2.24, 2.45) is 0 Å². The summed E-state index contributed by atoms with van der Waals surface area (Å²) < 4.78 is 9.45. The van der Waals surface area contributed by atoms with Crippen molar-refractivity contribution in [3.63, 3.8) is 0 Å². The fourth-order valence-corrected chi connectivity index (χ4v) is 10.6. The zero-order valence-corrected chi connectivity index (χ0v) is 37.0. The fourth-order valence-electron chi connectivity index (χ4n) is 8.03. The average molecular weight is 799 g/mol. The summed E-state index contributed by atoms with van der Waals surface area (Å²) in [6, 6.07) is 9.30. The van der Waals surface area contributed by atoms with Crippen LogP contribution in [0.3, 0.4) is 0 Å². The first-order chi connectivity index (χ1) is 27.2. The summed E-state index contributed by atoms with van der Waals surface area (Å²) in [5.41, 5.74) is 6.56. The van der Waals surface area contributed by atoms with E-state index in [4.69, 9.17) is 8.75 Å². The first-order valence-corrected chi connectivity index (χ1v) is 25.0. The summed E-state index contributed by atoms with van der Waals surface area (Å²) in [6.07, 6.45) is 40.3. The second-order valence-corrected chi connectivity index (χ2v) is 18.4. The van der Waals surface area contributed by atoms with E-state index in [1.807, 2.05) is 0 Å². The predicted octanol–water partition coefficient (Wildman–Crippen LogP) is 16.9. The molecule has 0 N–H and O–H groups in total. The van der Waals surface area contributed by atoms with Crippen LogP contribution in [0.4, 0.5) is 0 Å². The molecule has 0 amide bonds. The highest BCUT2D eigenvalue weighted by Gasteiger charge is 2.26. The number of hydrogen-bond acceptors (Lipinski definition) is 7. The average Bonchev–Trinajstić information content (AvgIpc) is 3.99. The maximum absolute atomic E-state index is 10.5. The second-order valence-electron chi connectivity index (χ2n) is 16.0. The molecule has 0 unspecified atom stereocenters. The van der Waals surface area contributed by atoms with Gasteiger partial charge in [-0.2, -0.15) is 19.3 Å². The number of nitriles is 2. The van der Waals surface area contributed by atoms with E-state index in [0.717, 1.165) is 44.8 Å². The number of aromatic nitrogens is 2. The minimum Gasteiger partial charge on any atom is -0.192 e. The van der Waals surface area contributed by atoms with Crippen LogP contribution in [0.2, 0.25) is 0 Å². The van der Waals surface area contributed by atoms with Crippen molar-refractivity contribution in [2.75, 3.05) is 0 Å². The molecule has 55 heavy (non-hydrogen) atoms. The normalized spacial score (nSPS) is 11.4. The van der Waals surface area contributed by atoms with E-state index >= 15 is 0 Å². The van der Waals surface area contributed by atoms with E-state index in [1.54, 1.807) is 22.7 Å². The molecular formula is C48H70N4S3. The molecule has 0 radical (unpaired) electrons. The Labute approximate surface area is 347 Å². The van der Waals surface area contributed by atoms with Crippen LogP contribution in [-0.4, -0.2) is 8.75 Å². The Morgan fingerprint density at radius 2 is 0.727 bits per heavy atom. The molecule has 3 heterocycles. The SMILES string of the molecule is CCCCCCCCCCCCCCCCc1csc(-c2c(C#N)c(C#N)c(-c3cc(CCCCCCCCCCCCCCCC)cs3)c3nsnc23)c1. The molecule has 300 valence electrons. The summed E-state index contributed by atoms with van der Waals surface area (Å²) in [6.45, 7) is 4.57. The highest BCUT2D eigenvalue weighted by molar-refractivity contribution is 7.14. The maximum Gasteiger partial charge on any atom is 0.115 e. The minimum atomic E-state index is 0.435. The van der Waals surface area contributed by atoms with E-state index in [1.165, 1.54) is 203 Å². The lowest BCUT2D eigenvalue weighted by Crippen LogP contribution is -1.95. The summed E-state index contributed by atoms with van der Waals surface area (Å²) in [5.74, 6) is 0. The van der Waals surface area contributed by atoms with E-state index in [0.29, 0.717) is 11.1 Å². The van der Waals surface area contributed by atoms with Crippen LogP contribution in [0.15, 0.2) is 22.9 Å². The first kappa shape index (κ1) is 45.1. The van der Waals surface area contributed by atoms with E-state index < -0.39 is 0 Å². The topological polar surface area (TPSA) is 73.4 Å². The van der Waals surface area contributed by atoms with Crippen molar-refractivity contribution >= 4 is 45.4 Å². The summed E-state index contributed by atoms with van der Waals surface area (Å²) in [5, 5.41) is 25.4. The molecule has 3 aromatic heterocycles. The monoisotopic (exact) mass is 798 g/mol. The lowest BCUT2D eigenvalue weighted by Gasteiger charge is -2.10. The van der Waals surface area contributed by atoms with Crippen LogP contribution in [0, 0.1) is 22.7 Å². The van der Waals surface area contributed by atoms with Gasteiger partial charge in [0.25, 0.3) is 0 Å². The summed E-state index contributed by atoms with van der Waals surface area (Å²) >= 11 is 4.50. The maximum atomic E-state index is 10.5. The van der Waals surface area contributed by atoms with Crippen molar-refractivity contribution in [3.8, 4) is 33.0 Å². The number of rotatable bonds is 32. The molecule has 0 bridgehead atoms. The molecule has 7 heteroatoms. The summed E-state index contributed by atoms with van der Waals surface area (Å²) in [7, 11) is 0. The lowest BCUT2D eigenvalue weighted by atomic mass is 9.92. The van der Waals surface area contributed by atoms with Gasteiger partial charge in [-0.25, -0.2) is 0 Å². The van der Waals surface area contributed by atoms with Crippen molar-refractivity contribution in [2.45, 2.75) is 206 Å². The van der Waals surface area contributed by atoms with Crippen LogP contribution in [0.25, 0.3) is 31.9 Å². The van der Waals surface area contributed by atoms with E-state index in [9.17, 15) is 10.5 Å². The zero-order valence-electron chi connectivity index (χ0n) is 34.5. The lowest BCUT2D eigenvalue weighted by molar-refractivity contribution is 0.535. The van der Waals surface area contributed by atoms with Gasteiger partial charge in [0.15, 0.2) is 0 Å². The third-order valence-corrected chi connectivity index (χ3v) is 13.9. The Balaban J connectivity index is 1.21. The van der Waals surface area contributed by atoms with E-state index in [-0.39, 0.29) is 0 Å². The molecule has 0 saturated heterocycles. The molecule has 0 atom stereocenters. The molecule has 4 rings (SSSR count). The third kappa shape index (κ3) is 15.7. The Kier molecular flexibility index (Phi) is 22.9. The van der Waals surface area contributed by atoms with Gasteiger partial charge in [-0.1, -0.05) is 181 Å². The van der Waals surface area contributed by atoms with Gasteiger partial charge in [0.2, 0.25) is 0 Å². The van der Waals surface area contributed by atoms with Gasteiger partial charge in [-0.05, 0) is 59.7 Å². The smallest absolute Gasteiger partial charge is 0.115 e. The highest BCUT2D eigenvalue weighted by atomic mass is 32.1. The van der Waals surface area contributed by atoms with Gasteiger partial charge in [0.1, 0.15) is 23.2 Å². The molecule has 0 spiro atoms. The highest BCUT2D eigenvalue weighted by Crippen LogP contribution is 2.44. The Bertz CT molecular complexity index is 1580. The van der Waals surface area contributed by atoms with E-state index in [2.05, 4.69) is 48.9 Å². The van der Waals surface area contributed by atoms with Crippen LogP contribution >= 0.6 is 34.4 Å². The minimum absolute atomic E-state index is 0.435. The van der Waals surface area contributed by atoms with Crippen molar-refractivity contribution < 1.29 is 0 Å². The number of fused-ring (bicyclic) bond motifs is 1. The summed E-state index contributed by atoms with van der Waals surface area (Å²) in [4.78, 5) is 2.03. The second kappa shape index (κ2) is 27.9. The van der Waals surface area contributed by atoms with Gasteiger partial charge < -0.3 is 0 Å². The van der Waals surface area contributed by atoms with Gasteiger partial charge >= 0.3 is 0 Å². The molecule has 0 saturated carbocycles. The van der Waals surface area contributed by atoms with Crippen LogP contribution in [0.5, 0.6) is 0 Å². The number of benzene rings is 1. The van der Waals surface area contributed by atoms with Crippen LogP contribution in [0.1, 0.15) is 216 Å². The molecule has 1 aromatic carbocycles. The Morgan fingerprint density at radius 3 is 1.02 bits per heavy atom. The van der Waals surface area contributed by atoms with Crippen molar-refractivity contribution in [1.82, 2.24) is 8.75 Å². The number of thiophene rings is 2. The number of unbranched alkanes of at least 4 members (excludes halogenated alkanes) is 26. The number of aryl methyl sites for hydroxylation is 2. The molecule has 4 aromatic rings. The molecule has 0 aliphatic carbocycles. The molecule has 0 fully saturated rings. The quantitative estimate of drug-likeness (QED) is 0.0461. The van der Waals surface area contributed by atoms with Gasteiger partial charge in [-0.3, -0.25) is 0 Å². The molecular weight excluding hydrogens is 729 g/mol. The van der Waals surface area contributed by atoms with Gasteiger partial charge in [0, 0.05) is 20.9 Å². The molecule has 0 aliphatic heterocycles. The standard InChI is InChI=1S/C48H70N4S3/c1-3-5-7-9-11-13-15-17-19-21-23-25-27-29-31-39-33-43(53-37-39)45-41(35-49)42(36-50)46(48-47(45)51-55-52-48)44-34-40(38-54-44)32-30-28-26-24-22-20-18-16-14-12-10-8-6-4-2/h33-34,37-38H,3-32H2,1-2H3. The van der Waals surface area contributed by atoms with Gasteiger partial charge in [-0.15, -0.1) is 22.7 Å². The number of hydrogen-bond donors (Lipinski definition) is 0. The largest absolute Gasteiger partial charge is 0.192 e. The van der Waals surface area contributed by atoms with Crippen molar-refractivity contribution in [1.29, 1.82) is 10.5 Å². The first-order valence-electron chi connectivity index (χ1n) is 22.5.